The highest BCUT2D eigenvalue weighted by Gasteiger charge is 2.10. The molecule has 5 heteroatoms. The Kier molecular flexibility index (Phi) is 5.33. The zero-order valence-electron chi connectivity index (χ0n) is 14.0. The molecule has 0 aliphatic carbocycles. The molecule has 0 fully saturated rings. The van der Waals surface area contributed by atoms with Gasteiger partial charge in [-0.2, -0.15) is 0 Å². The fourth-order valence-corrected chi connectivity index (χ4v) is 3.06. The Balaban J connectivity index is 1.56. The predicted molar refractivity (Wildman–Crippen MR) is 98.9 cm³/mol. The number of aromatic amines is 1. The minimum absolute atomic E-state index is 0.106. The third-order valence-corrected chi connectivity index (χ3v) is 4.38. The highest BCUT2D eigenvalue weighted by atomic mass is 16.4. The number of hydrogen-bond donors (Lipinski definition) is 3. The van der Waals surface area contributed by atoms with Crippen LogP contribution in [-0.4, -0.2) is 28.5 Å². The molecule has 0 bridgehead atoms. The van der Waals surface area contributed by atoms with Crippen molar-refractivity contribution in [3.63, 3.8) is 0 Å². The molecule has 25 heavy (non-hydrogen) atoms. The van der Waals surface area contributed by atoms with E-state index < -0.39 is 5.97 Å². The van der Waals surface area contributed by atoms with Gasteiger partial charge in [0.15, 0.2) is 0 Å². The van der Waals surface area contributed by atoms with E-state index in [1.165, 1.54) is 0 Å². The summed E-state index contributed by atoms with van der Waals surface area (Å²) < 4.78 is 0. The Morgan fingerprint density at radius 2 is 1.76 bits per heavy atom. The molecule has 1 amide bonds. The number of unbranched alkanes of at least 4 members (excludes halogenated alkanes) is 3. The van der Waals surface area contributed by atoms with E-state index >= 15 is 0 Å². The molecule has 1 heterocycles. The van der Waals surface area contributed by atoms with Crippen LogP contribution in [0, 0.1) is 0 Å². The SMILES string of the molecule is O=C(O)CCCCCCNC(=O)c1cc2c(ccc3ccccc32)[nH]1. The topological polar surface area (TPSA) is 82.2 Å². The van der Waals surface area contributed by atoms with Gasteiger partial charge in [-0.1, -0.05) is 43.2 Å². The first-order valence-corrected chi connectivity index (χ1v) is 8.65. The van der Waals surface area contributed by atoms with Gasteiger partial charge in [0.25, 0.3) is 5.91 Å². The van der Waals surface area contributed by atoms with E-state index in [-0.39, 0.29) is 12.3 Å². The molecule has 0 spiro atoms. The molecule has 0 radical (unpaired) electrons. The Morgan fingerprint density at radius 1 is 0.960 bits per heavy atom. The summed E-state index contributed by atoms with van der Waals surface area (Å²) in [5.74, 6) is -0.856. The van der Waals surface area contributed by atoms with E-state index in [1.54, 1.807) is 0 Å². The third kappa shape index (κ3) is 4.18. The number of carbonyl (C=O) groups excluding carboxylic acids is 1. The van der Waals surface area contributed by atoms with Crippen molar-refractivity contribution in [3.05, 3.63) is 48.2 Å². The molecule has 0 aliphatic rings. The minimum atomic E-state index is -0.750. The third-order valence-electron chi connectivity index (χ3n) is 4.38. The van der Waals surface area contributed by atoms with Gasteiger partial charge in [-0.25, -0.2) is 0 Å². The molecule has 0 saturated carbocycles. The number of aromatic nitrogens is 1. The molecule has 0 saturated heterocycles. The smallest absolute Gasteiger partial charge is 0.303 e. The zero-order chi connectivity index (χ0) is 17.6. The lowest BCUT2D eigenvalue weighted by Gasteiger charge is -2.03. The van der Waals surface area contributed by atoms with Crippen LogP contribution in [0.25, 0.3) is 21.7 Å². The molecular formula is C20H22N2O3. The van der Waals surface area contributed by atoms with Crippen molar-refractivity contribution in [3.8, 4) is 0 Å². The minimum Gasteiger partial charge on any atom is -0.481 e. The number of H-pyrrole nitrogens is 1. The van der Waals surface area contributed by atoms with Crippen molar-refractivity contribution in [2.24, 2.45) is 0 Å². The summed E-state index contributed by atoms with van der Waals surface area (Å²) in [6, 6.07) is 14.1. The molecule has 0 unspecified atom stereocenters. The lowest BCUT2D eigenvalue weighted by molar-refractivity contribution is -0.137. The highest BCUT2D eigenvalue weighted by molar-refractivity contribution is 6.09. The molecule has 0 atom stereocenters. The molecule has 5 nitrogen and oxygen atoms in total. The molecule has 3 N–H and O–H groups in total. The van der Waals surface area contributed by atoms with Gasteiger partial charge in [-0.3, -0.25) is 9.59 Å². The summed E-state index contributed by atoms with van der Waals surface area (Å²) in [6.07, 6.45) is 3.56. The summed E-state index contributed by atoms with van der Waals surface area (Å²) in [7, 11) is 0. The first kappa shape index (κ1) is 17.0. The maximum absolute atomic E-state index is 12.3. The molecule has 1 aromatic heterocycles. The first-order valence-electron chi connectivity index (χ1n) is 8.65. The number of benzene rings is 2. The van der Waals surface area contributed by atoms with Crippen molar-refractivity contribution >= 4 is 33.6 Å². The standard InChI is InChI=1S/C20H22N2O3/c23-19(24)9-3-1-2-6-12-21-20(25)18-13-16-15-8-5-4-7-14(15)10-11-17(16)22-18/h4-5,7-8,10-11,13,22H,1-3,6,9,12H2,(H,21,25)(H,23,24). The normalized spacial score (nSPS) is 11.0. The fourth-order valence-electron chi connectivity index (χ4n) is 3.06. The van der Waals surface area contributed by atoms with Crippen LogP contribution in [0.4, 0.5) is 0 Å². The summed E-state index contributed by atoms with van der Waals surface area (Å²) in [4.78, 5) is 25.9. The fraction of sp³-hybridized carbons (Fsp3) is 0.300. The van der Waals surface area contributed by atoms with Crippen molar-refractivity contribution in [2.75, 3.05) is 6.54 Å². The van der Waals surface area contributed by atoms with Crippen molar-refractivity contribution in [1.82, 2.24) is 10.3 Å². The van der Waals surface area contributed by atoms with E-state index in [9.17, 15) is 9.59 Å². The van der Waals surface area contributed by atoms with Gasteiger partial charge in [0.1, 0.15) is 5.69 Å². The average molecular weight is 338 g/mol. The number of amides is 1. The summed E-state index contributed by atoms with van der Waals surface area (Å²) in [5, 5.41) is 14.8. The molecule has 0 aliphatic heterocycles. The van der Waals surface area contributed by atoms with Crippen LogP contribution < -0.4 is 5.32 Å². The lowest BCUT2D eigenvalue weighted by atomic mass is 10.1. The second kappa shape index (κ2) is 7.83. The van der Waals surface area contributed by atoms with Gasteiger partial charge in [0.05, 0.1) is 0 Å². The van der Waals surface area contributed by atoms with Gasteiger partial charge >= 0.3 is 5.97 Å². The van der Waals surface area contributed by atoms with Gasteiger partial charge < -0.3 is 15.4 Å². The number of fused-ring (bicyclic) bond motifs is 3. The maximum Gasteiger partial charge on any atom is 0.303 e. The zero-order valence-corrected chi connectivity index (χ0v) is 14.0. The number of nitrogens with one attached hydrogen (secondary N) is 2. The van der Waals surface area contributed by atoms with E-state index in [0.717, 1.165) is 40.9 Å². The van der Waals surface area contributed by atoms with E-state index in [2.05, 4.69) is 22.4 Å². The van der Waals surface area contributed by atoms with Crippen molar-refractivity contribution in [1.29, 1.82) is 0 Å². The number of hydrogen-bond acceptors (Lipinski definition) is 2. The molecule has 130 valence electrons. The van der Waals surface area contributed by atoms with E-state index in [0.29, 0.717) is 18.7 Å². The summed E-state index contributed by atoms with van der Waals surface area (Å²) >= 11 is 0. The van der Waals surface area contributed by atoms with Crippen molar-refractivity contribution < 1.29 is 14.7 Å². The van der Waals surface area contributed by atoms with Crippen LogP contribution in [0.5, 0.6) is 0 Å². The molecule has 2 aromatic carbocycles. The molecule has 3 rings (SSSR count). The number of aliphatic carboxylic acids is 1. The largest absolute Gasteiger partial charge is 0.481 e. The molecule has 3 aromatic rings. The Bertz CT molecular complexity index is 898. The number of carboxylic acid groups (broad SMARTS) is 1. The average Bonchev–Trinajstić information content (AvgIpc) is 3.05. The first-order chi connectivity index (χ1) is 12.1. The second-order valence-electron chi connectivity index (χ2n) is 6.24. The summed E-state index contributed by atoms with van der Waals surface area (Å²) in [6.45, 7) is 0.599. The van der Waals surface area contributed by atoms with Crippen LogP contribution in [0.2, 0.25) is 0 Å². The number of rotatable bonds is 8. The van der Waals surface area contributed by atoms with E-state index in [4.69, 9.17) is 5.11 Å². The number of carbonyl (C=O) groups is 2. The number of carboxylic acids is 1. The van der Waals surface area contributed by atoms with E-state index in [1.807, 2.05) is 30.3 Å². The lowest BCUT2D eigenvalue weighted by Crippen LogP contribution is -2.24. The Morgan fingerprint density at radius 3 is 2.60 bits per heavy atom. The van der Waals surface area contributed by atoms with Gasteiger partial charge in [0, 0.05) is 23.9 Å². The Hall–Kier alpha value is -2.82. The van der Waals surface area contributed by atoms with Crippen LogP contribution in [0.15, 0.2) is 42.5 Å². The highest BCUT2D eigenvalue weighted by Crippen LogP contribution is 2.25. The van der Waals surface area contributed by atoms with Crippen LogP contribution >= 0.6 is 0 Å². The van der Waals surface area contributed by atoms with Gasteiger partial charge in [-0.15, -0.1) is 0 Å². The Labute approximate surface area is 146 Å². The van der Waals surface area contributed by atoms with Gasteiger partial charge in [-0.05, 0) is 35.7 Å². The molecular weight excluding hydrogens is 316 g/mol. The maximum atomic E-state index is 12.3. The quantitative estimate of drug-likeness (QED) is 0.541. The van der Waals surface area contributed by atoms with Crippen molar-refractivity contribution in [2.45, 2.75) is 32.1 Å². The van der Waals surface area contributed by atoms with Crippen LogP contribution in [0.1, 0.15) is 42.6 Å². The van der Waals surface area contributed by atoms with Crippen LogP contribution in [-0.2, 0) is 4.79 Å². The predicted octanol–water partition coefficient (Wildman–Crippen LogP) is 4.09. The van der Waals surface area contributed by atoms with Gasteiger partial charge in [0.2, 0.25) is 0 Å². The second-order valence-corrected chi connectivity index (χ2v) is 6.24. The summed E-state index contributed by atoms with van der Waals surface area (Å²) in [5.41, 5.74) is 1.52. The van der Waals surface area contributed by atoms with Crippen LogP contribution in [0.3, 0.4) is 0 Å². The monoisotopic (exact) mass is 338 g/mol.